The Balaban J connectivity index is 2.59. The predicted molar refractivity (Wildman–Crippen MR) is 48.3 cm³/mol. The first-order valence-electron chi connectivity index (χ1n) is 4.06. The molecule has 2 N–H and O–H groups in total. The summed E-state index contributed by atoms with van der Waals surface area (Å²) in [6.07, 6.45) is 3.11. The zero-order valence-corrected chi connectivity index (χ0v) is 7.40. The van der Waals surface area contributed by atoms with Crippen molar-refractivity contribution in [2.24, 2.45) is 0 Å². The molecule has 0 spiro atoms. The lowest BCUT2D eigenvalue weighted by molar-refractivity contribution is 0.0922. The highest BCUT2D eigenvalue weighted by Crippen LogP contribution is 1.96. The summed E-state index contributed by atoms with van der Waals surface area (Å²) < 4.78 is 0. The highest BCUT2D eigenvalue weighted by molar-refractivity contribution is 5.94. The van der Waals surface area contributed by atoms with Crippen LogP contribution in [0.25, 0.3) is 0 Å². The van der Waals surface area contributed by atoms with E-state index >= 15 is 0 Å². The van der Waals surface area contributed by atoms with E-state index in [1.165, 1.54) is 0 Å². The first kappa shape index (κ1) is 9.67. The second kappa shape index (κ2) is 4.57. The molecule has 70 valence electrons. The number of aromatic nitrogens is 1. The molecular formula is C9H12N2O2. The Kier molecular flexibility index (Phi) is 3.40. The van der Waals surface area contributed by atoms with E-state index < -0.39 is 0 Å². The van der Waals surface area contributed by atoms with Gasteiger partial charge in [-0.2, -0.15) is 0 Å². The van der Waals surface area contributed by atoms with Crippen LogP contribution in [0.15, 0.2) is 24.5 Å². The Morgan fingerprint density at radius 2 is 2.23 bits per heavy atom. The minimum absolute atomic E-state index is 0.0587. The maximum absolute atomic E-state index is 11.4. The molecule has 0 aliphatic rings. The molecule has 0 fully saturated rings. The fourth-order valence-electron chi connectivity index (χ4n) is 0.856. The van der Waals surface area contributed by atoms with Crippen LogP contribution in [0.5, 0.6) is 0 Å². The molecule has 1 aromatic heterocycles. The fourth-order valence-corrected chi connectivity index (χ4v) is 0.856. The Morgan fingerprint density at radius 1 is 1.62 bits per heavy atom. The molecule has 0 saturated heterocycles. The molecule has 0 aliphatic heterocycles. The summed E-state index contributed by atoms with van der Waals surface area (Å²) in [5.74, 6) is -0.191. The molecule has 0 radical (unpaired) electrons. The van der Waals surface area contributed by atoms with Gasteiger partial charge in [0.15, 0.2) is 0 Å². The number of aliphatic hydroxyl groups is 1. The molecule has 1 unspecified atom stereocenters. The van der Waals surface area contributed by atoms with Crippen LogP contribution in [0.2, 0.25) is 0 Å². The van der Waals surface area contributed by atoms with Crippen molar-refractivity contribution in [2.75, 3.05) is 6.61 Å². The van der Waals surface area contributed by atoms with Crippen molar-refractivity contribution < 1.29 is 9.90 Å². The van der Waals surface area contributed by atoms with E-state index in [0.717, 1.165) is 0 Å². The van der Waals surface area contributed by atoms with E-state index in [1.54, 1.807) is 31.5 Å². The summed E-state index contributed by atoms with van der Waals surface area (Å²) in [6.45, 7) is 1.68. The third kappa shape index (κ3) is 2.83. The zero-order chi connectivity index (χ0) is 9.68. The van der Waals surface area contributed by atoms with Crippen LogP contribution in [-0.2, 0) is 0 Å². The monoisotopic (exact) mass is 180 g/mol. The van der Waals surface area contributed by atoms with Gasteiger partial charge in [-0.3, -0.25) is 9.78 Å². The molecule has 1 atom stereocenters. The molecule has 1 amide bonds. The van der Waals surface area contributed by atoms with E-state index in [9.17, 15) is 4.79 Å². The van der Waals surface area contributed by atoms with Crippen LogP contribution in [0, 0.1) is 0 Å². The van der Waals surface area contributed by atoms with E-state index in [1.807, 2.05) is 0 Å². The maximum Gasteiger partial charge on any atom is 0.251 e. The van der Waals surface area contributed by atoms with Crippen molar-refractivity contribution in [1.29, 1.82) is 0 Å². The summed E-state index contributed by atoms with van der Waals surface area (Å²) >= 11 is 0. The van der Waals surface area contributed by atoms with Gasteiger partial charge in [0.05, 0.1) is 6.61 Å². The van der Waals surface area contributed by atoms with E-state index in [4.69, 9.17) is 5.11 Å². The molecule has 0 saturated carbocycles. The van der Waals surface area contributed by atoms with E-state index in [-0.39, 0.29) is 18.6 Å². The summed E-state index contributed by atoms with van der Waals surface area (Å²) in [5, 5.41) is 11.3. The third-order valence-corrected chi connectivity index (χ3v) is 1.59. The van der Waals surface area contributed by atoms with Gasteiger partial charge >= 0.3 is 0 Å². The standard InChI is InChI=1S/C9H12N2O2/c1-7(6-12)11-9(13)8-2-4-10-5-3-8/h2-5,7,12H,6H2,1H3,(H,11,13). The Morgan fingerprint density at radius 3 is 2.77 bits per heavy atom. The number of aliphatic hydroxyl groups excluding tert-OH is 1. The number of nitrogens with one attached hydrogen (secondary N) is 1. The maximum atomic E-state index is 11.4. The van der Waals surface area contributed by atoms with Crippen LogP contribution in [0.1, 0.15) is 17.3 Å². The van der Waals surface area contributed by atoms with Crippen molar-refractivity contribution >= 4 is 5.91 Å². The Labute approximate surface area is 76.6 Å². The van der Waals surface area contributed by atoms with Gasteiger partial charge in [0.2, 0.25) is 0 Å². The van der Waals surface area contributed by atoms with Gasteiger partial charge in [-0.25, -0.2) is 0 Å². The minimum atomic E-state index is -0.222. The molecule has 0 bridgehead atoms. The SMILES string of the molecule is CC(CO)NC(=O)c1ccncc1. The molecule has 0 aliphatic carbocycles. The van der Waals surface area contributed by atoms with Gasteiger partial charge in [0.25, 0.3) is 5.91 Å². The highest BCUT2D eigenvalue weighted by atomic mass is 16.3. The smallest absolute Gasteiger partial charge is 0.251 e. The number of pyridine rings is 1. The molecular weight excluding hydrogens is 168 g/mol. The van der Waals surface area contributed by atoms with Crippen LogP contribution in [0.3, 0.4) is 0 Å². The lowest BCUT2D eigenvalue weighted by Crippen LogP contribution is -2.34. The lowest BCUT2D eigenvalue weighted by atomic mass is 10.2. The normalized spacial score (nSPS) is 12.2. The molecule has 1 heterocycles. The van der Waals surface area contributed by atoms with Gasteiger partial charge < -0.3 is 10.4 Å². The molecule has 1 rings (SSSR count). The minimum Gasteiger partial charge on any atom is -0.394 e. The topological polar surface area (TPSA) is 62.2 Å². The van der Waals surface area contributed by atoms with Gasteiger partial charge in [0, 0.05) is 24.0 Å². The summed E-state index contributed by atoms with van der Waals surface area (Å²) in [5.41, 5.74) is 0.551. The largest absolute Gasteiger partial charge is 0.394 e. The molecule has 13 heavy (non-hydrogen) atoms. The van der Waals surface area contributed by atoms with Gasteiger partial charge in [-0.15, -0.1) is 0 Å². The predicted octanol–water partition coefficient (Wildman–Crippen LogP) is 0.192. The van der Waals surface area contributed by atoms with Crippen molar-refractivity contribution in [1.82, 2.24) is 10.3 Å². The number of hydrogen-bond acceptors (Lipinski definition) is 3. The second-order valence-corrected chi connectivity index (χ2v) is 2.79. The summed E-state index contributed by atoms with van der Waals surface area (Å²) in [7, 11) is 0. The summed E-state index contributed by atoms with van der Waals surface area (Å²) in [4.78, 5) is 15.2. The van der Waals surface area contributed by atoms with E-state index in [0.29, 0.717) is 5.56 Å². The van der Waals surface area contributed by atoms with Crippen LogP contribution >= 0.6 is 0 Å². The number of hydrogen-bond donors (Lipinski definition) is 2. The second-order valence-electron chi connectivity index (χ2n) is 2.79. The third-order valence-electron chi connectivity index (χ3n) is 1.59. The molecule has 4 nitrogen and oxygen atoms in total. The van der Waals surface area contributed by atoms with Gasteiger partial charge in [-0.1, -0.05) is 0 Å². The van der Waals surface area contributed by atoms with Crippen LogP contribution < -0.4 is 5.32 Å². The van der Waals surface area contributed by atoms with Crippen molar-refractivity contribution in [3.63, 3.8) is 0 Å². The fraction of sp³-hybridized carbons (Fsp3) is 0.333. The number of nitrogens with zero attached hydrogens (tertiary/aromatic N) is 1. The van der Waals surface area contributed by atoms with Gasteiger partial charge in [0.1, 0.15) is 0 Å². The molecule has 4 heteroatoms. The van der Waals surface area contributed by atoms with Crippen LogP contribution in [-0.4, -0.2) is 28.6 Å². The van der Waals surface area contributed by atoms with Gasteiger partial charge in [-0.05, 0) is 19.1 Å². The van der Waals surface area contributed by atoms with Crippen molar-refractivity contribution in [2.45, 2.75) is 13.0 Å². The highest BCUT2D eigenvalue weighted by Gasteiger charge is 2.07. The number of carbonyl (C=O) groups excluding carboxylic acids is 1. The first-order chi connectivity index (χ1) is 6.24. The number of carbonyl (C=O) groups is 1. The Bertz CT molecular complexity index is 274. The number of rotatable bonds is 3. The average molecular weight is 180 g/mol. The lowest BCUT2D eigenvalue weighted by Gasteiger charge is -2.09. The summed E-state index contributed by atoms with van der Waals surface area (Å²) in [6, 6.07) is 3.03. The average Bonchev–Trinajstić information content (AvgIpc) is 2.19. The van der Waals surface area contributed by atoms with Crippen LogP contribution in [0.4, 0.5) is 0 Å². The zero-order valence-electron chi connectivity index (χ0n) is 7.40. The molecule has 0 aromatic carbocycles. The Hall–Kier alpha value is -1.42. The van der Waals surface area contributed by atoms with E-state index in [2.05, 4.69) is 10.3 Å². The number of amides is 1. The van der Waals surface area contributed by atoms with Crippen molar-refractivity contribution in [3.05, 3.63) is 30.1 Å². The van der Waals surface area contributed by atoms with Crippen molar-refractivity contribution in [3.8, 4) is 0 Å². The first-order valence-corrected chi connectivity index (χ1v) is 4.06. The molecule has 1 aromatic rings. The quantitative estimate of drug-likeness (QED) is 0.698.